The summed E-state index contributed by atoms with van der Waals surface area (Å²) >= 11 is 1.96. The number of hydrogen-bond donors (Lipinski definition) is 0. The Labute approximate surface area is 66.3 Å². The van der Waals surface area contributed by atoms with Gasteiger partial charge < -0.3 is 9.57 Å². The Bertz CT molecular complexity index is 114. The van der Waals surface area contributed by atoms with Crippen LogP contribution in [0.25, 0.3) is 0 Å². The van der Waals surface area contributed by atoms with E-state index in [-0.39, 0.29) is 0 Å². The first-order valence-electron chi connectivity index (χ1n) is 2.10. The lowest BCUT2D eigenvalue weighted by molar-refractivity contribution is -0.132. The number of carbonyl (C=O) groups excluding carboxylic acids is 1. The van der Waals surface area contributed by atoms with Gasteiger partial charge in [-0.3, -0.25) is 0 Å². The third-order valence-corrected chi connectivity index (χ3v) is 0.761. The lowest BCUT2D eigenvalue weighted by Crippen LogP contribution is -2.00. The van der Waals surface area contributed by atoms with E-state index in [1.54, 1.807) is 0 Å². The first kappa shape index (κ1) is 8.67. The molecular weight excluding hydrogens is 237 g/mol. The van der Waals surface area contributed by atoms with Crippen molar-refractivity contribution >= 4 is 34.8 Å². The minimum atomic E-state index is -0.514. The van der Waals surface area contributed by atoms with Crippen molar-refractivity contribution in [1.29, 1.82) is 0 Å². The molecule has 0 aliphatic carbocycles. The van der Waals surface area contributed by atoms with Crippen molar-refractivity contribution in [3.8, 4) is 0 Å². The monoisotopic (exact) mass is 243 g/mol. The van der Waals surface area contributed by atoms with Gasteiger partial charge in [0.25, 0.3) is 0 Å². The van der Waals surface area contributed by atoms with Gasteiger partial charge in [-0.2, -0.15) is 0 Å². The van der Waals surface area contributed by atoms with Crippen LogP contribution < -0.4 is 0 Å². The molecule has 0 aliphatic heterocycles. The van der Waals surface area contributed by atoms with Gasteiger partial charge in [0.2, 0.25) is 0 Å². The van der Waals surface area contributed by atoms with Crippen LogP contribution >= 0.6 is 22.6 Å². The number of nitrogens with zero attached hydrogens (tertiary/aromatic N) is 1. The first-order valence-corrected chi connectivity index (χ1v) is 3.63. The van der Waals surface area contributed by atoms with E-state index >= 15 is 0 Å². The van der Waals surface area contributed by atoms with Crippen LogP contribution in [0.15, 0.2) is 5.16 Å². The minimum absolute atomic E-state index is 0.422. The summed E-state index contributed by atoms with van der Waals surface area (Å²) in [6, 6.07) is 0. The molecule has 0 fully saturated rings. The summed E-state index contributed by atoms with van der Waals surface area (Å²) in [7, 11) is 1.28. The Balaban J connectivity index is 3.32. The van der Waals surface area contributed by atoms with Crippen LogP contribution in [-0.4, -0.2) is 23.9 Å². The molecule has 0 aromatic rings. The number of alkyl halides is 1. The average Bonchev–Trinajstić information content (AvgIpc) is 1.89. The van der Waals surface area contributed by atoms with Crippen molar-refractivity contribution in [2.24, 2.45) is 5.16 Å². The third kappa shape index (κ3) is 5.54. The summed E-state index contributed by atoms with van der Waals surface area (Å²) < 4.78 is 4.65. The molecule has 0 saturated heterocycles. The maximum atomic E-state index is 10.2. The Morgan fingerprint density at radius 2 is 2.56 bits per heavy atom. The average molecular weight is 243 g/mol. The largest absolute Gasteiger partial charge is 0.465 e. The smallest absolute Gasteiger partial charge is 0.352 e. The molecule has 0 N–H and O–H groups in total. The maximum Gasteiger partial charge on any atom is 0.352 e. The highest BCUT2D eigenvalue weighted by Crippen LogP contribution is 1.82. The molecule has 0 spiro atoms. The van der Waals surface area contributed by atoms with Crippen molar-refractivity contribution in [3.63, 3.8) is 0 Å². The summed E-state index contributed by atoms with van der Waals surface area (Å²) in [5.41, 5.74) is 0. The molecule has 0 heterocycles. The number of carbonyl (C=O) groups is 1. The zero-order valence-electron chi connectivity index (χ0n) is 4.83. The van der Waals surface area contributed by atoms with Gasteiger partial charge in [-0.25, -0.2) is 4.79 Å². The molecule has 0 rings (SSSR count). The maximum absolute atomic E-state index is 10.2. The number of oxime groups is 1. The molecule has 0 saturated carbocycles. The first-order chi connectivity index (χ1) is 4.31. The Morgan fingerprint density at radius 3 is 3.00 bits per heavy atom. The van der Waals surface area contributed by atoms with E-state index in [4.69, 9.17) is 0 Å². The second kappa shape index (κ2) is 5.80. The zero-order valence-corrected chi connectivity index (χ0v) is 6.99. The van der Waals surface area contributed by atoms with Gasteiger partial charge in [-0.05, 0) is 22.6 Å². The van der Waals surface area contributed by atoms with Gasteiger partial charge in [-0.15, -0.1) is 0 Å². The molecule has 0 aromatic carbocycles. The summed E-state index contributed by atoms with van der Waals surface area (Å²) in [5, 5.41) is 3.25. The van der Waals surface area contributed by atoms with Crippen molar-refractivity contribution < 1.29 is 14.4 Å². The molecule has 0 radical (unpaired) electrons. The van der Waals surface area contributed by atoms with Gasteiger partial charge in [-0.1, -0.05) is 5.16 Å². The van der Waals surface area contributed by atoms with E-state index in [9.17, 15) is 4.79 Å². The standard InChI is InChI=1S/C4H6INO3/c1-8-4(7)2-6-9-3-5/h2H,3H2,1H3. The molecule has 52 valence electrons. The van der Waals surface area contributed by atoms with E-state index in [0.29, 0.717) is 4.61 Å². The minimum Gasteiger partial charge on any atom is -0.465 e. The van der Waals surface area contributed by atoms with E-state index in [2.05, 4.69) is 14.7 Å². The lowest BCUT2D eigenvalue weighted by Gasteiger charge is -1.88. The molecule has 5 heteroatoms. The van der Waals surface area contributed by atoms with Gasteiger partial charge in [0.05, 0.1) is 7.11 Å². The molecule has 9 heavy (non-hydrogen) atoms. The molecule has 0 bridgehead atoms. The predicted molar refractivity (Wildman–Crippen MR) is 40.5 cm³/mol. The van der Waals surface area contributed by atoms with Gasteiger partial charge in [0, 0.05) is 0 Å². The highest BCUT2D eigenvalue weighted by atomic mass is 127. The number of methoxy groups -OCH3 is 1. The molecule has 0 aromatic heterocycles. The van der Waals surface area contributed by atoms with E-state index in [0.717, 1.165) is 6.21 Å². The van der Waals surface area contributed by atoms with Crippen molar-refractivity contribution in [2.75, 3.05) is 11.7 Å². The van der Waals surface area contributed by atoms with Crippen LogP contribution in [0.3, 0.4) is 0 Å². The number of ether oxygens (including phenoxy) is 1. The van der Waals surface area contributed by atoms with Crippen LogP contribution in [0, 0.1) is 0 Å². The fourth-order valence-electron chi connectivity index (χ4n) is 0.161. The third-order valence-electron chi connectivity index (χ3n) is 0.483. The van der Waals surface area contributed by atoms with Crippen LogP contribution in [0.2, 0.25) is 0 Å². The molecule has 0 aliphatic rings. The lowest BCUT2D eigenvalue weighted by atomic mass is 10.8. The highest BCUT2D eigenvalue weighted by Gasteiger charge is 1.89. The second-order valence-corrected chi connectivity index (χ2v) is 1.62. The van der Waals surface area contributed by atoms with Gasteiger partial charge in [0.15, 0.2) is 10.8 Å². The van der Waals surface area contributed by atoms with E-state index < -0.39 is 5.97 Å². The van der Waals surface area contributed by atoms with Gasteiger partial charge in [0.1, 0.15) is 0 Å². The number of halogens is 1. The van der Waals surface area contributed by atoms with Gasteiger partial charge >= 0.3 is 5.97 Å². The number of hydrogen-bond acceptors (Lipinski definition) is 4. The fraction of sp³-hybridized carbons (Fsp3) is 0.500. The zero-order chi connectivity index (χ0) is 7.11. The predicted octanol–water partition coefficient (Wildman–Crippen LogP) is 0.554. The molecule has 0 unspecified atom stereocenters. The van der Waals surface area contributed by atoms with E-state index in [1.807, 2.05) is 22.6 Å². The Hall–Kier alpha value is -0.330. The summed E-state index contributed by atoms with van der Waals surface area (Å²) in [6.45, 7) is 0. The summed E-state index contributed by atoms with van der Waals surface area (Å²) in [5.74, 6) is -0.514. The second-order valence-electron chi connectivity index (χ2n) is 0.996. The van der Waals surface area contributed by atoms with Crippen LogP contribution in [0.5, 0.6) is 0 Å². The molecule has 0 amide bonds. The van der Waals surface area contributed by atoms with Crippen molar-refractivity contribution in [2.45, 2.75) is 0 Å². The number of esters is 1. The Morgan fingerprint density at radius 1 is 1.89 bits per heavy atom. The van der Waals surface area contributed by atoms with Crippen LogP contribution in [0.4, 0.5) is 0 Å². The topological polar surface area (TPSA) is 47.9 Å². The Kier molecular flexibility index (Phi) is 5.59. The molecule has 4 nitrogen and oxygen atoms in total. The normalized spacial score (nSPS) is 9.56. The van der Waals surface area contributed by atoms with Crippen LogP contribution in [-0.2, 0) is 14.4 Å². The molecular formula is C4H6INO3. The van der Waals surface area contributed by atoms with Crippen molar-refractivity contribution in [1.82, 2.24) is 0 Å². The quantitative estimate of drug-likeness (QED) is 0.239. The fourth-order valence-corrected chi connectivity index (χ4v) is 0.322. The number of rotatable bonds is 3. The molecule has 0 atom stereocenters. The summed E-state index contributed by atoms with van der Waals surface area (Å²) in [4.78, 5) is 14.7. The highest BCUT2D eigenvalue weighted by molar-refractivity contribution is 14.1. The van der Waals surface area contributed by atoms with Crippen LogP contribution in [0.1, 0.15) is 0 Å². The SMILES string of the molecule is COC(=O)C=NOCI. The van der Waals surface area contributed by atoms with Crippen molar-refractivity contribution in [3.05, 3.63) is 0 Å². The van der Waals surface area contributed by atoms with E-state index in [1.165, 1.54) is 7.11 Å². The summed E-state index contributed by atoms with van der Waals surface area (Å²) in [6.07, 6.45) is 0.971.